The normalized spacial score (nSPS) is 13.0. The van der Waals surface area contributed by atoms with E-state index in [0.29, 0.717) is 5.57 Å². The Morgan fingerprint density at radius 1 is 1.12 bits per heavy atom. The zero-order valence-corrected chi connectivity index (χ0v) is 16.6. The molecule has 0 aliphatic carbocycles. The first-order chi connectivity index (χ1) is 10.8. The average Bonchev–Trinajstić information content (AvgIpc) is 2.34. The third-order valence-electron chi connectivity index (χ3n) is 3.27. The first-order valence-electron chi connectivity index (χ1n) is 8.43. The third kappa shape index (κ3) is 11.9. The lowest BCUT2D eigenvalue weighted by atomic mass is 9.97. The molecule has 0 radical (unpaired) electrons. The van der Waals surface area contributed by atoms with Crippen LogP contribution >= 0.6 is 0 Å². The third-order valence-corrected chi connectivity index (χ3v) is 3.27. The molecule has 0 aromatic heterocycles. The van der Waals surface area contributed by atoms with Crippen LogP contribution < -0.4 is 10.6 Å². The molecule has 0 aromatic carbocycles. The number of ether oxygens (including phenoxy) is 1. The van der Waals surface area contributed by atoms with Crippen LogP contribution in [-0.2, 0) is 9.53 Å². The van der Waals surface area contributed by atoms with E-state index in [0.717, 1.165) is 19.4 Å². The molecule has 0 bridgehead atoms. The smallest absolute Gasteiger partial charge is 0.407 e. The molecule has 24 heavy (non-hydrogen) atoms. The Hall–Kier alpha value is -1.56. The SMILES string of the molecule is C/C(=C\CNC(=O)OC(C)(C)C)C(=O)NC(C)(C)CCCN(C)C. The van der Waals surface area contributed by atoms with Crippen LogP contribution in [0.5, 0.6) is 0 Å². The summed E-state index contributed by atoms with van der Waals surface area (Å²) in [6, 6.07) is 0. The van der Waals surface area contributed by atoms with Gasteiger partial charge in [-0.25, -0.2) is 4.79 Å². The maximum atomic E-state index is 12.2. The zero-order valence-electron chi connectivity index (χ0n) is 16.6. The topological polar surface area (TPSA) is 70.7 Å². The van der Waals surface area contributed by atoms with Crippen LogP contribution in [0.3, 0.4) is 0 Å². The molecule has 0 aliphatic rings. The molecule has 0 saturated heterocycles. The minimum Gasteiger partial charge on any atom is -0.444 e. The van der Waals surface area contributed by atoms with Crippen molar-refractivity contribution in [2.75, 3.05) is 27.2 Å². The molecular weight excluding hydrogens is 306 g/mol. The molecule has 2 N–H and O–H groups in total. The molecule has 0 unspecified atom stereocenters. The number of hydrogen-bond acceptors (Lipinski definition) is 4. The van der Waals surface area contributed by atoms with Crippen LogP contribution in [0, 0.1) is 0 Å². The Kier molecular flexibility index (Phi) is 9.04. The van der Waals surface area contributed by atoms with Gasteiger partial charge >= 0.3 is 6.09 Å². The first-order valence-corrected chi connectivity index (χ1v) is 8.43. The summed E-state index contributed by atoms with van der Waals surface area (Å²) in [7, 11) is 4.08. The minimum absolute atomic E-state index is 0.115. The average molecular weight is 341 g/mol. The molecule has 0 aromatic rings. The monoisotopic (exact) mass is 341 g/mol. The van der Waals surface area contributed by atoms with Crippen molar-refractivity contribution >= 4 is 12.0 Å². The van der Waals surface area contributed by atoms with Crippen LogP contribution in [0.1, 0.15) is 54.4 Å². The summed E-state index contributed by atoms with van der Waals surface area (Å²) in [5, 5.41) is 5.65. The summed E-state index contributed by atoms with van der Waals surface area (Å²) in [4.78, 5) is 25.9. The van der Waals surface area contributed by atoms with Gasteiger partial charge in [0.25, 0.3) is 0 Å². The van der Waals surface area contributed by atoms with E-state index in [1.54, 1.807) is 33.8 Å². The maximum Gasteiger partial charge on any atom is 0.407 e. The fourth-order valence-corrected chi connectivity index (χ4v) is 2.00. The lowest BCUT2D eigenvalue weighted by molar-refractivity contribution is -0.119. The number of nitrogens with one attached hydrogen (secondary N) is 2. The van der Waals surface area contributed by atoms with Gasteiger partial charge in [-0.05, 0) is 75.0 Å². The van der Waals surface area contributed by atoms with E-state index in [1.807, 2.05) is 27.9 Å². The summed E-state index contributed by atoms with van der Waals surface area (Å²) in [6.07, 6.45) is 3.12. The predicted molar refractivity (Wildman–Crippen MR) is 98.0 cm³/mol. The van der Waals surface area contributed by atoms with Crippen LogP contribution in [-0.4, -0.2) is 55.2 Å². The Balaban J connectivity index is 4.32. The van der Waals surface area contributed by atoms with Gasteiger partial charge in [0, 0.05) is 17.7 Å². The second kappa shape index (κ2) is 9.67. The lowest BCUT2D eigenvalue weighted by Crippen LogP contribution is -2.44. The molecule has 2 amide bonds. The maximum absolute atomic E-state index is 12.2. The number of hydrogen-bond donors (Lipinski definition) is 2. The lowest BCUT2D eigenvalue weighted by Gasteiger charge is -2.27. The molecular formula is C18H35N3O3. The second-order valence-electron chi connectivity index (χ2n) is 8.01. The summed E-state index contributed by atoms with van der Waals surface area (Å²) < 4.78 is 5.14. The summed E-state index contributed by atoms with van der Waals surface area (Å²) in [6.45, 7) is 12.4. The molecule has 0 saturated carbocycles. The van der Waals surface area contributed by atoms with Gasteiger partial charge < -0.3 is 20.3 Å². The standard InChI is InChI=1S/C18H35N3O3/c1-14(10-12-19-16(23)24-17(2,3)4)15(22)20-18(5,6)11-9-13-21(7)8/h10H,9,11-13H2,1-8H3,(H,19,23)(H,20,22)/b14-10+. The molecule has 0 spiro atoms. The fraction of sp³-hybridized carbons (Fsp3) is 0.778. The summed E-state index contributed by atoms with van der Waals surface area (Å²) >= 11 is 0. The number of alkyl carbamates (subject to hydrolysis) is 1. The van der Waals surface area contributed by atoms with Gasteiger partial charge in [-0.3, -0.25) is 4.79 Å². The van der Waals surface area contributed by atoms with Crippen LogP contribution in [0.2, 0.25) is 0 Å². The Morgan fingerprint density at radius 2 is 1.71 bits per heavy atom. The van der Waals surface area contributed by atoms with E-state index in [4.69, 9.17) is 4.74 Å². The molecule has 6 nitrogen and oxygen atoms in total. The molecule has 6 heteroatoms. The van der Waals surface area contributed by atoms with Crippen molar-refractivity contribution < 1.29 is 14.3 Å². The highest BCUT2D eigenvalue weighted by Gasteiger charge is 2.20. The van der Waals surface area contributed by atoms with Gasteiger partial charge in [-0.2, -0.15) is 0 Å². The number of nitrogens with zero attached hydrogens (tertiary/aromatic N) is 1. The second-order valence-corrected chi connectivity index (χ2v) is 8.01. The van der Waals surface area contributed by atoms with E-state index < -0.39 is 11.7 Å². The van der Waals surface area contributed by atoms with Crippen LogP contribution in [0.25, 0.3) is 0 Å². The zero-order chi connectivity index (χ0) is 19.0. The molecule has 0 heterocycles. The highest BCUT2D eigenvalue weighted by Crippen LogP contribution is 2.12. The Bertz CT molecular complexity index is 449. The van der Waals surface area contributed by atoms with Crippen molar-refractivity contribution in [3.63, 3.8) is 0 Å². The number of rotatable bonds is 8. The molecule has 140 valence electrons. The molecule has 0 atom stereocenters. The van der Waals surface area contributed by atoms with E-state index in [2.05, 4.69) is 15.5 Å². The highest BCUT2D eigenvalue weighted by atomic mass is 16.6. The Morgan fingerprint density at radius 3 is 2.21 bits per heavy atom. The molecule has 0 fully saturated rings. The van der Waals surface area contributed by atoms with Crippen molar-refractivity contribution in [2.45, 2.75) is 65.5 Å². The van der Waals surface area contributed by atoms with Crippen molar-refractivity contribution in [2.24, 2.45) is 0 Å². The molecule has 0 aliphatic heterocycles. The quantitative estimate of drug-likeness (QED) is 0.666. The van der Waals surface area contributed by atoms with Gasteiger partial charge in [0.1, 0.15) is 5.60 Å². The highest BCUT2D eigenvalue weighted by molar-refractivity contribution is 5.93. The van der Waals surface area contributed by atoms with Gasteiger partial charge in [0.05, 0.1) is 0 Å². The van der Waals surface area contributed by atoms with Gasteiger partial charge in [0.15, 0.2) is 0 Å². The van der Waals surface area contributed by atoms with Crippen molar-refractivity contribution in [1.29, 1.82) is 0 Å². The van der Waals surface area contributed by atoms with E-state index in [-0.39, 0.29) is 18.0 Å². The predicted octanol–water partition coefficient (Wildman–Crippen LogP) is 2.69. The van der Waals surface area contributed by atoms with E-state index in [9.17, 15) is 9.59 Å². The van der Waals surface area contributed by atoms with Gasteiger partial charge in [0.2, 0.25) is 5.91 Å². The van der Waals surface area contributed by atoms with Crippen LogP contribution in [0.15, 0.2) is 11.6 Å². The summed E-state index contributed by atoms with van der Waals surface area (Å²) in [5.41, 5.74) is -0.218. The van der Waals surface area contributed by atoms with E-state index in [1.165, 1.54) is 0 Å². The number of carbonyl (C=O) groups is 2. The fourth-order valence-electron chi connectivity index (χ4n) is 2.00. The largest absolute Gasteiger partial charge is 0.444 e. The van der Waals surface area contributed by atoms with Gasteiger partial charge in [-0.15, -0.1) is 0 Å². The summed E-state index contributed by atoms with van der Waals surface area (Å²) in [5.74, 6) is -0.115. The number of amides is 2. The number of carbonyl (C=O) groups excluding carboxylic acids is 2. The minimum atomic E-state index is -0.531. The molecule has 0 rings (SSSR count). The van der Waals surface area contributed by atoms with Crippen LogP contribution in [0.4, 0.5) is 4.79 Å². The first kappa shape index (κ1) is 22.4. The van der Waals surface area contributed by atoms with Crippen molar-refractivity contribution in [1.82, 2.24) is 15.5 Å². The Labute approximate surface area is 147 Å². The van der Waals surface area contributed by atoms with E-state index >= 15 is 0 Å². The van der Waals surface area contributed by atoms with Crippen molar-refractivity contribution in [3.05, 3.63) is 11.6 Å². The van der Waals surface area contributed by atoms with Crippen molar-refractivity contribution in [3.8, 4) is 0 Å². The van der Waals surface area contributed by atoms with Gasteiger partial charge in [-0.1, -0.05) is 6.08 Å².